The summed E-state index contributed by atoms with van der Waals surface area (Å²) >= 11 is 9.45. The lowest BCUT2D eigenvalue weighted by molar-refractivity contribution is 0.0943. The van der Waals surface area contributed by atoms with Crippen LogP contribution in [-0.2, 0) is 19.8 Å². The van der Waals surface area contributed by atoms with E-state index in [0.29, 0.717) is 23.0 Å². The number of hydrogen-bond donors (Lipinski definition) is 1. The topological polar surface area (TPSA) is 74.0 Å². The molecule has 0 saturated heterocycles. The molecule has 1 N–H and O–H groups in total. The lowest BCUT2D eigenvalue weighted by Crippen LogP contribution is -2.24. The molecule has 1 aromatic carbocycles. The predicted octanol–water partition coefficient (Wildman–Crippen LogP) is 3.48. The third-order valence-corrected chi connectivity index (χ3v) is 4.36. The quantitative estimate of drug-likeness (QED) is 0.613. The molecule has 0 radical (unpaired) electrons. The number of ether oxygens (including phenoxy) is 1. The molecule has 136 valence electrons. The van der Waals surface area contributed by atoms with Crippen LogP contribution < -0.4 is 10.1 Å². The second kappa shape index (κ2) is 8.37. The normalized spacial score (nSPS) is 10.7. The van der Waals surface area contributed by atoms with E-state index in [9.17, 15) is 4.79 Å². The van der Waals surface area contributed by atoms with Gasteiger partial charge < -0.3 is 10.1 Å². The number of halogens is 2. The molecule has 0 unspecified atom stereocenters. The van der Waals surface area contributed by atoms with Crippen LogP contribution in [0.4, 0.5) is 0 Å². The van der Waals surface area contributed by atoms with Crippen LogP contribution in [0.15, 0.2) is 47.2 Å². The molecular formula is C17H17BrClN5O2. The number of amides is 1. The standard InChI is InChI=1S/C17H17BrClN5O2/c1-2-23-7-5-13(21-23)10-20-17(25)15-6-8-24(22-15)11-26-16-4-3-12(18)9-14(16)19/h3-9H,2,10-11H2,1H3,(H,20,25). The van der Waals surface area contributed by atoms with Crippen molar-refractivity contribution in [3.05, 3.63) is 63.6 Å². The van der Waals surface area contributed by atoms with Gasteiger partial charge in [-0.05, 0) is 37.3 Å². The van der Waals surface area contributed by atoms with Gasteiger partial charge in [-0.3, -0.25) is 9.48 Å². The molecule has 0 spiro atoms. The van der Waals surface area contributed by atoms with Crippen molar-refractivity contribution in [3.8, 4) is 5.75 Å². The number of rotatable bonds is 7. The van der Waals surface area contributed by atoms with Crippen LogP contribution in [0.1, 0.15) is 23.1 Å². The van der Waals surface area contributed by atoms with Crippen LogP contribution in [0.3, 0.4) is 0 Å². The molecule has 0 aliphatic rings. The second-order valence-corrected chi connectivity index (χ2v) is 6.76. The fraction of sp³-hybridized carbons (Fsp3) is 0.235. The van der Waals surface area contributed by atoms with Gasteiger partial charge in [0, 0.05) is 23.4 Å². The van der Waals surface area contributed by atoms with Gasteiger partial charge in [0.2, 0.25) is 0 Å². The Bertz CT molecular complexity index is 908. The van der Waals surface area contributed by atoms with E-state index in [1.54, 1.807) is 29.1 Å². The van der Waals surface area contributed by atoms with Gasteiger partial charge in [0.05, 0.1) is 17.3 Å². The lowest BCUT2D eigenvalue weighted by Gasteiger charge is -2.08. The Labute approximate surface area is 164 Å². The molecule has 0 saturated carbocycles. The van der Waals surface area contributed by atoms with Gasteiger partial charge in [-0.2, -0.15) is 10.2 Å². The van der Waals surface area contributed by atoms with Gasteiger partial charge in [0.1, 0.15) is 11.4 Å². The van der Waals surface area contributed by atoms with E-state index < -0.39 is 0 Å². The summed E-state index contributed by atoms with van der Waals surface area (Å²) in [7, 11) is 0. The minimum Gasteiger partial charge on any atom is -0.470 e. The molecule has 3 rings (SSSR count). The largest absolute Gasteiger partial charge is 0.470 e. The maximum Gasteiger partial charge on any atom is 0.272 e. The maximum atomic E-state index is 12.2. The molecule has 26 heavy (non-hydrogen) atoms. The molecule has 2 heterocycles. The third kappa shape index (κ3) is 4.64. The van der Waals surface area contributed by atoms with Crippen molar-refractivity contribution in [1.82, 2.24) is 24.9 Å². The summed E-state index contributed by atoms with van der Waals surface area (Å²) in [6.45, 7) is 3.30. The van der Waals surface area contributed by atoms with E-state index in [4.69, 9.17) is 16.3 Å². The fourth-order valence-corrected chi connectivity index (χ4v) is 2.95. The van der Waals surface area contributed by atoms with Crippen LogP contribution >= 0.6 is 27.5 Å². The SMILES string of the molecule is CCn1ccc(CNC(=O)c2ccn(COc3ccc(Br)cc3Cl)n2)n1. The van der Waals surface area contributed by atoms with Crippen molar-refractivity contribution < 1.29 is 9.53 Å². The summed E-state index contributed by atoms with van der Waals surface area (Å²) in [6, 6.07) is 8.85. The number of aryl methyl sites for hydroxylation is 1. The molecule has 0 aliphatic heterocycles. The van der Waals surface area contributed by atoms with Crippen LogP contribution in [0, 0.1) is 0 Å². The minimum absolute atomic E-state index is 0.148. The number of aromatic nitrogens is 4. The lowest BCUT2D eigenvalue weighted by atomic mass is 10.3. The zero-order chi connectivity index (χ0) is 18.5. The Morgan fingerprint density at radius 3 is 2.77 bits per heavy atom. The van der Waals surface area contributed by atoms with E-state index in [1.165, 1.54) is 4.68 Å². The number of carbonyl (C=O) groups excluding carboxylic acids is 1. The first-order valence-electron chi connectivity index (χ1n) is 7.97. The molecule has 7 nitrogen and oxygen atoms in total. The zero-order valence-corrected chi connectivity index (χ0v) is 16.4. The van der Waals surface area contributed by atoms with Gasteiger partial charge in [-0.15, -0.1) is 0 Å². The number of nitrogens with zero attached hydrogens (tertiary/aromatic N) is 4. The van der Waals surface area contributed by atoms with Gasteiger partial charge in [0.25, 0.3) is 5.91 Å². The van der Waals surface area contributed by atoms with Crippen molar-refractivity contribution in [3.63, 3.8) is 0 Å². The van der Waals surface area contributed by atoms with Crippen molar-refractivity contribution in [2.75, 3.05) is 0 Å². The molecule has 0 bridgehead atoms. The monoisotopic (exact) mass is 437 g/mol. The third-order valence-electron chi connectivity index (χ3n) is 3.57. The van der Waals surface area contributed by atoms with Gasteiger partial charge in [-0.1, -0.05) is 27.5 Å². The van der Waals surface area contributed by atoms with E-state index in [0.717, 1.165) is 16.7 Å². The van der Waals surface area contributed by atoms with E-state index in [2.05, 4.69) is 31.4 Å². The van der Waals surface area contributed by atoms with Gasteiger partial charge >= 0.3 is 0 Å². The van der Waals surface area contributed by atoms with E-state index in [-0.39, 0.29) is 12.6 Å². The van der Waals surface area contributed by atoms with Crippen LogP contribution in [0.25, 0.3) is 0 Å². The maximum absolute atomic E-state index is 12.2. The Kier molecular flexibility index (Phi) is 5.95. The molecule has 0 aliphatic carbocycles. The highest BCUT2D eigenvalue weighted by Gasteiger charge is 2.10. The molecular weight excluding hydrogens is 422 g/mol. The Balaban J connectivity index is 1.54. The highest BCUT2D eigenvalue weighted by Crippen LogP contribution is 2.27. The van der Waals surface area contributed by atoms with Crippen molar-refractivity contribution in [2.24, 2.45) is 0 Å². The van der Waals surface area contributed by atoms with E-state index >= 15 is 0 Å². The number of carbonyl (C=O) groups is 1. The summed E-state index contributed by atoms with van der Waals surface area (Å²) < 4.78 is 9.82. The van der Waals surface area contributed by atoms with Crippen molar-refractivity contribution in [1.29, 1.82) is 0 Å². The summed E-state index contributed by atoms with van der Waals surface area (Å²) in [5.74, 6) is 0.277. The molecule has 3 aromatic rings. The Hall–Kier alpha value is -2.32. The van der Waals surface area contributed by atoms with Gasteiger partial charge in [0.15, 0.2) is 6.73 Å². The first-order chi connectivity index (χ1) is 12.5. The summed E-state index contributed by atoms with van der Waals surface area (Å²) in [5, 5.41) is 11.8. The average molecular weight is 439 g/mol. The predicted molar refractivity (Wildman–Crippen MR) is 101 cm³/mol. The molecule has 0 fully saturated rings. The number of nitrogens with one attached hydrogen (secondary N) is 1. The van der Waals surface area contributed by atoms with Crippen molar-refractivity contribution >= 4 is 33.4 Å². The van der Waals surface area contributed by atoms with Crippen molar-refractivity contribution in [2.45, 2.75) is 26.7 Å². The van der Waals surface area contributed by atoms with E-state index in [1.807, 2.05) is 25.3 Å². The summed E-state index contributed by atoms with van der Waals surface area (Å²) in [6.07, 6.45) is 3.55. The molecule has 2 aromatic heterocycles. The Morgan fingerprint density at radius 1 is 1.23 bits per heavy atom. The summed E-state index contributed by atoms with van der Waals surface area (Å²) in [5.41, 5.74) is 1.11. The second-order valence-electron chi connectivity index (χ2n) is 5.43. The smallest absolute Gasteiger partial charge is 0.272 e. The van der Waals surface area contributed by atoms with Gasteiger partial charge in [-0.25, -0.2) is 4.68 Å². The van der Waals surface area contributed by atoms with Crippen LogP contribution in [-0.4, -0.2) is 25.5 Å². The highest BCUT2D eigenvalue weighted by molar-refractivity contribution is 9.10. The summed E-state index contributed by atoms with van der Waals surface area (Å²) in [4.78, 5) is 12.2. The Morgan fingerprint density at radius 2 is 2.04 bits per heavy atom. The molecule has 0 atom stereocenters. The highest BCUT2D eigenvalue weighted by atomic mass is 79.9. The average Bonchev–Trinajstić information content (AvgIpc) is 3.28. The van der Waals surface area contributed by atoms with Crippen LogP contribution in [0.5, 0.6) is 5.75 Å². The molecule has 9 heteroatoms. The van der Waals surface area contributed by atoms with Crippen LogP contribution in [0.2, 0.25) is 5.02 Å². The number of benzene rings is 1. The minimum atomic E-state index is -0.267. The fourth-order valence-electron chi connectivity index (χ4n) is 2.22. The molecule has 1 amide bonds. The number of hydrogen-bond acceptors (Lipinski definition) is 4. The zero-order valence-electron chi connectivity index (χ0n) is 14.0. The first-order valence-corrected chi connectivity index (χ1v) is 9.14. The first kappa shape index (κ1) is 18.5.